The first-order valence-corrected chi connectivity index (χ1v) is 6.90. The van der Waals surface area contributed by atoms with Gasteiger partial charge in [0.2, 0.25) is 6.79 Å². The Morgan fingerprint density at radius 1 is 1.00 bits per heavy atom. The molecule has 0 amide bonds. The second kappa shape index (κ2) is 4.67. The number of benzene rings is 2. The molecule has 2 aromatic rings. The Kier molecular flexibility index (Phi) is 2.69. The van der Waals surface area contributed by atoms with Crippen molar-refractivity contribution in [3.63, 3.8) is 0 Å². The van der Waals surface area contributed by atoms with Gasteiger partial charge in [0.1, 0.15) is 0 Å². The molecule has 2 aliphatic rings. The lowest BCUT2D eigenvalue weighted by Gasteiger charge is -2.17. The zero-order chi connectivity index (χ0) is 13.4. The van der Waals surface area contributed by atoms with Crippen LogP contribution in [0.4, 0.5) is 0 Å². The molecule has 2 aliphatic heterocycles. The number of aliphatic imine (C=N–C) groups is 1. The summed E-state index contributed by atoms with van der Waals surface area (Å²) in [5, 5.41) is 0. The van der Waals surface area contributed by atoms with Gasteiger partial charge < -0.3 is 9.47 Å². The molecule has 4 rings (SSSR count). The number of nitrogens with zero attached hydrogens (tertiary/aromatic N) is 1. The van der Waals surface area contributed by atoms with E-state index < -0.39 is 0 Å². The highest BCUT2D eigenvalue weighted by atomic mass is 16.7. The molecule has 0 aliphatic carbocycles. The van der Waals surface area contributed by atoms with E-state index in [0.29, 0.717) is 6.79 Å². The van der Waals surface area contributed by atoms with E-state index in [-0.39, 0.29) is 0 Å². The maximum Gasteiger partial charge on any atom is 0.231 e. The first-order chi connectivity index (χ1) is 9.90. The van der Waals surface area contributed by atoms with Gasteiger partial charge in [0.25, 0.3) is 0 Å². The number of hydrogen-bond donors (Lipinski definition) is 0. The van der Waals surface area contributed by atoms with Gasteiger partial charge in [0.05, 0.1) is 0 Å². The first-order valence-electron chi connectivity index (χ1n) is 6.90. The molecular weight excluding hydrogens is 250 g/mol. The molecule has 0 fully saturated rings. The summed E-state index contributed by atoms with van der Waals surface area (Å²) in [6.07, 6.45) is 1.84. The third kappa shape index (κ3) is 1.95. The van der Waals surface area contributed by atoms with Crippen LogP contribution in [-0.2, 0) is 12.8 Å². The predicted molar refractivity (Wildman–Crippen MR) is 77.8 cm³/mol. The summed E-state index contributed by atoms with van der Waals surface area (Å²) in [6, 6.07) is 14.7. The van der Waals surface area contributed by atoms with Gasteiger partial charge in [-0.25, -0.2) is 0 Å². The average molecular weight is 265 g/mol. The topological polar surface area (TPSA) is 30.8 Å². The second-order valence-electron chi connectivity index (χ2n) is 5.10. The largest absolute Gasteiger partial charge is 0.454 e. The highest BCUT2D eigenvalue weighted by Gasteiger charge is 2.21. The van der Waals surface area contributed by atoms with Crippen LogP contribution in [0, 0.1) is 0 Å². The lowest BCUT2D eigenvalue weighted by Crippen LogP contribution is -2.15. The SMILES string of the molecule is c1ccc(CC2=NCCc3cc4c(cc32)OCO4)cc1. The summed E-state index contributed by atoms with van der Waals surface area (Å²) < 4.78 is 10.9. The Morgan fingerprint density at radius 2 is 1.80 bits per heavy atom. The zero-order valence-corrected chi connectivity index (χ0v) is 11.1. The van der Waals surface area contributed by atoms with E-state index in [2.05, 4.69) is 36.4 Å². The van der Waals surface area contributed by atoms with E-state index in [1.54, 1.807) is 0 Å². The van der Waals surface area contributed by atoms with Gasteiger partial charge in [-0.05, 0) is 29.7 Å². The number of ether oxygens (including phenoxy) is 2. The maximum atomic E-state index is 5.49. The monoisotopic (exact) mass is 265 g/mol. The quantitative estimate of drug-likeness (QED) is 0.835. The minimum Gasteiger partial charge on any atom is -0.454 e. The molecule has 2 heterocycles. The lowest BCUT2D eigenvalue weighted by molar-refractivity contribution is 0.174. The van der Waals surface area contributed by atoms with E-state index in [0.717, 1.165) is 36.6 Å². The van der Waals surface area contributed by atoms with Crippen molar-refractivity contribution in [2.45, 2.75) is 12.8 Å². The van der Waals surface area contributed by atoms with Crippen molar-refractivity contribution in [1.29, 1.82) is 0 Å². The van der Waals surface area contributed by atoms with Crippen LogP contribution in [0.5, 0.6) is 11.5 Å². The Labute approximate surface area is 117 Å². The summed E-state index contributed by atoms with van der Waals surface area (Å²) >= 11 is 0. The molecule has 0 saturated carbocycles. The van der Waals surface area contributed by atoms with Crippen molar-refractivity contribution in [3.05, 3.63) is 59.2 Å². The summed E-state index contributed by atoms with van der Waals surface area (Å²) in [5.74, 6) is 1.70. The molecule has 0 spiro atoms. The van der Waals surface area contributed by atoms with E-state index in [4.69, 9.17) is 14.5 Å². The molecule has 100 valence electrons. The van der Waals surface area contributed by atoms with Crippen LogP contribution in [0.2, 0.25) is 0 Å². The number of fused-ring (bicyclic) bond motifs is 2. The summed E-state index contributed by atoms with van der Waals surface area (Å²) in [6.45, 7) is 1.18. The smallest absolute Gasteiger partial charge is 0.231 e. The third-order valence-electron chi connectivity index (χ3n) is 3.81. The molecule has 3 nitrogen and oxygen atoms in total. The molecule has 0 atom stereocenters. The molecule has 0 N–H and O–H groups in total. The fourth-order valence-electron chi connectivity index (χ4n) is 2.80. The maximum absolute atomic E-state index is 5.49. The Morgan fingerprint density at radius 3 is 2.65 bits per heavy atom. The van der Waals surface area contributed by atoms with Crippen molar-refractivity contribution >= 4 is 5.71 Å². The van der Waals surface area contributed by atoms with E-state index in [1.807, 2.05) is 6.07 Å². The molecular formula is C17H15NO2. The van der Waals surface area contributed by atoms with Crippen LogP contribution in [0.1, 0.15) is 16.7 Å². The van der Waals surface area contributed by atoms with Gasteiger partial charge in [-0.1, -0.05) is 30.3 Å². The molecule has 0 unspecified atom stereocenters. The van der Waals surface area contributed by atoms with Crippen molar-refractivity contribution in [1.82, 2.24) is 0 Å². The summed E-state index contributed by atoms with van der Waals surface area (Å²) in [7, 11) is 0. The van der Waals surface area contributed by atoms with E-state index in [1.165, 1.54) is 16.7 Å². The standard InChI is InChI=1S/C17H15NO2/c1-2-4-12(5-3-1)8-15-14-10-17-16(19-11-20-17)9-13(14)6-7-18-15/h1-5,9-10H,6-8,11H2. The summed E-state index contributed by atoms with van der Waals surface area (Å²) in [4.78, 5) is 4.71. The molecule has 0 bridgehead atoms. The van der Waals surface area contributed by atoms with Crippen molar-refractivity contribution in [2.24, 2.45) is 4.99 Å². The van der Waals surface area contributed by atoms with Crippen molar-refractivity contribution in [2.75, 3.05) is 13.3 Å². The fraction of sp³-hybridized carbons (Fsp3) is 0.235. The molecule has 0 radical (unpaired) electrons. The van der Waals surface area contributed by atoms with Gasteiger partial charge in [-0.2, -0.15) is 0 Å². The zero-order valence-electron chi connectivity index (χ0n) is 11.1. The van der Waals surface area contributed by atoms with Crippen LogP contribution in [0.25, 0.3) is 0 Å². The van der Waals surface area contributed by atoms with Gasteiger partial charge in [0.15, 0.2) is 11.5 Å². The highest BCUT2D eigenvalue weighted by molar-refractivity contribution is 6.04. The van der Waals surface area contributed by atoms with Crippen molar-refractivity contribution < 1.29 is 9.47 Å². The Hall–Kier alpha value is -2.29. The fourth-order valence-corrected chi connectivity index (χ4v) is 2.80. The summed E-state index contributed by atoms with van der Waals surface area (Å²) in [5.41, 5.74) is 4.96. The molecule has 20 heavy (non-hydrogen) atoms. The van der Waals surface area contributed by atoms with Gasteiger partial charge in [0, 0.05) is 24.2 Å². The van der Waals surface area contributed by atoms with Gasteiger partial charge in [-0.15, -0.1) is 0 Å². The second-order valence-corrected chi connectivity index (χ2v) is 5.10. The Bertz CT molecular complexity index is 677. The van der Waals surface area contributed by atoms with Gasteiger partial charge in [-0.3, -0.25) is 4.99 Å². The Balaban J connectivity index is 1.71. The number of hydrogen-bond acceptors (Lipinski definition) is 3. The minimum absolute atomic E-state index is 0.323. The number of rotatable bonds is 2. The van der Waals surface area contributed by atoms with Crippen LogP contribution < -0.4 is 9.47 Å². The van der Waals surface area contributed by atoms with Crippen LogP contribution >= 0.6 is 0 Å². The molecule has 0 saturated heterocycles. The van der Waals surface area contributed by atoms with Gasteiger partial charge >= 0.3 is 0 Å². The third-order valence-corrected chi connectivity index (χ3v) is 3.81. The highest BCUT2D eigenvalue weighted by Crippen LogP contribution is 2.36. The van der Waals surface area contributed by atoms with Crippen LogP contribution in [0.3, 0.4) is 0 Å². The van der Waals surface area contributed by atoms with E-state index in [9.17, 15) is 0 Å². The first kappa shape index (κ1) is 11.5. The minimum atomic E-state index is 0.323. The normalized spacial score (nSPS) is 15.7. The molecule has 3 heteroatoms. The van der Waals surface area contributed by atoms with E-state index >= 15 is 0 Å². The van der Waals surface area contributed by atoms with Crippen LogP contribution in [-0.4, -0.2) is 19.0 Å². The lowest BCUT2D eigenvalue weighted by atomic mass is 9.93. The van der Waals surface area contributed by atoms with Crippen LogP contribution in [0.15, 0.2) is 47.5 Å². The predicted octanol–water partition coefficient (Wildman–Crippen LogP) is 3.00. The molecule has 0 aromatic heterocycles. The van der Waals surface area contributed by atoms with Crippen molar-refractivity contribution in [3.8, 4) is 11.5 Å². The average Bonchev–Trinajstić information content (AvgIpc) is 2.94. The molecule has 2 aromatic carbocycles.